The highest BCUT2D eigenvalue weighted by Crippen LogP contribution is 2.29. The Hall–Kier alpha value is -1.79. The number of nitrogens with zero attached hydrogens (tertiary/aromatic N) is 1. The van der Waals surface area contributed by atoms with Crippen molar-refractivity contribution in [1.29, 1.82) is 0 Å². The van der Waals surface area contributed by atoms with Crippen LogP contribution in [0, 0.1) is 0 Å². The molecule has 0 bridgehead atoms. The molecule has 1 atom stereocenters. The molecule has 1 unspecified atom stereocenters. The van der Waals surface area contributed by atoms with Gasteiger partial charge < -0.3 is 15.3 Å². The van der Waals surface area contributed by atoms with Crippen molar-refractivity contribution in [3.8, 4) is 0 Å². The molecule has 0 saturated carbocycles. The van der Waals surface area contributed by atoms with Gasteiger partial charge in [0.2, 0.25) is 11.8 Å². The van der Waals surface area contributed by atoms with Crippen molar-refractivity contribution >= 4 is 46.7 Å². The van der Waals surface area contributed by atoms with Crippen molar-refractivity contribution in [2.75, 3.05) is 11.4 Å². The van der Waals surface area contributed by atoms with Gasteiger partial charge in [0.25, 0.3) is 0 Å². The second-order valence-corrected chi connectivity index (χ2v) is 5.71. The summed E-state index contributed by atoms with van der Waals surface area (Å²) in [6.45, 7) is 0.445. The number of hydrogen-bond acceptors (Lipinski definition) is 3. The Kier molecular flexibility index (Phi) is 5.26. The second kappa shape index (κ2) is 6.98. The van der Waals surface area contributed by atoms with E-state index in [0.717, 1.165) is 0 Å². The van der Waals surface area contributed by atoms with Crippen molar-refractivity contribution in [1.82, 2.24) is 5.32 Å². The predicted octanol–water partition coefficient (Wildman–Crippen LogP) is 2.08. The first-order valence-corrected chi connectivity index (χ1v) is 7.41. The van der Waals surface area contributed by atoms with Gasteiger partial charge in [0.05, 0.1) is 16.5 Å². The summed E-state index contributed by atoms with van der Waals surface area (Å²) in [5.74, 6) is -1.75. The zero-order chi connectivity index (χ0) is 16.3. The molecular weight excluding hydrogens is 331 g/mol. The average molecular weight is 345 g/mol. The number of benzene rings is 1. The minimum absolute atomic E-state index is 0.147. The van der Waals surface area contributed by atoms with Crippen molar-refractivity contribution < 1.29 is 19.5 Å². The molecule has 1 aliphatic heterocycles. The van der Waals surface area contributed by atoms with Gasteiger partial charge in [-0.1, -0.05) is 23.2 Å². The summed E-state index contributed by atoms with van der Waals surface area (Å²) in [5, 5.41) is 11.8. The summed E-state index contributed by atoms with van der Waals surface area (Å²) in [4.78, 5) is 35.8. The highest BCUT2D eigenvalue weighted by Gasteiger charge is 2.33. The molecule has 0 aromatic heterocycles. The minimum atomic E-state index is -1.05. The fraction of sp³-hybridized carbons (Fsp3) is 0.357. The number of carbonyl (C=O) groups excluding carboxylic acids is 2. The monoisotopic (exact) mass is 344 g/mol. The van der Waals surface area contributed by atoms with Crippen LogP contribution in [0.4, 0.5) is 5.69 Å². The first kappa shape index (κ1) is 16.6. The molecule has 0 aliphatic carbocycles. The van der Waals surface area contributed by atoms with Crippen LogP contribution in [0.5, 0.6) is 0 Å². The van der Waals surface area contributed by atoms with E-state index in [9.17, 15) is 14.4 Å². The molecule has 1 aromatic carbocycles. The molecule has 6 nitrogen and oxygen atoms in total. The maximum absolute atomic E-state index is 12.3. The van der Waals surface area contributed by atoms with Crippen LogP contribution in [-0.4, -0.2) is 35.5 Å². The molecule has 2 rings (SSSR count). The number of halogens is 2. The summed E-state index contributed by atoms with van der Waals surface area (Å²) >= 11 is 11.8. The van der Waals surface area contributed by atoms with Crippen LogP contribution in [0.3, 0.4) is 0 Å². The zero-order valence-electron chi connectivity index (χ0n) is 11.5. The fourth-order valence-electron chi connectivity index (χ4n) is 2.21. The first-order valence-electron chi connectivity index (χ1n) is 6.66. The lowest BCUT2D eigenvalue weighted by atomic mass is 10.2. The number of carboxylic acids is 1. The van der Waals surface area contributed by atoms with Gasteiger partial charge in [-0.05, 0) is 24.6 Å². The van der Waals surface area contributed by atoms with E-state index in [1.807, 2.05) is 0 Å². The molecule has 1 saturated heterocycles. The normalized spacial score (nSPS) is 17.6. The van der Waals surface area contributed by atoms with E-state index < -0.39 is 17.9 Å². The first-order chi connectivity index (χ1) is 10.4. The maximum atomic E-state index is 12.3. The molecule has 8 heteroatoms. The van der Waals surface area contributed by atoms with Gasteiger partial charge in [-0.15, -0.1) is 0 Å². The molecule has 1 heterocycles. The summed E-state index contributed by atoms with van der Waals surface area (Å²) in [6, 6.07) is 4.23. The highest BCUT2D eigenvalue weighted by molar-refractivity contribution is 6.42. The van der Waals surface area contributed by atoms with Gasteiger partial charge in [-0.25, -0.2) is 0 Å². The quantitative estimate of drug-likeness (QED) is 0.855. The van der Waals surface area contributed by atoms with Crippen molar-refractivity contribution in [3.05, 3.63) is 28.2 Å². The Bertz CT molecular complexity index is 621. The predicted molar refractivity (Wildman–Crippen MR) is 82.2 cm³/mol. The highest BCUT2D eigenvalue weighted by atomic mass is 35.5. The van der Waals surface area contributed by atoms with Gasteiger partial charge >= 0.3 is 5.97 Å². The molecule has 22 heavy (non-hydrogen) atoms. The average Bonchev–Trinajstić information content (AvgIpc) is 2.81. The number of carbonyl (C=O) groups is 3. The van der Waals surface area contributed by atoms with Crippen molar-refractivity contribution in [3.63, 3.8) is 0 Å². The Morgan fingerprint density at radius 1 is 1.27 bits per heavy atom. The van der Waals surface area contributed by atoms with E-state index in [-0.39, 0.29) is 18.7 Å². The van der Waals surface area contributed by atoms with E-state index in [2.05, 4.69) is 5.32 Å². The molecular formula is C14H14Cl2N2O4. The minimum Gasteiger partial charge on any atom is -0.481 e. The lowest BCUT2D eigenvalue weighted by Gasteiger charge is -2.17. The van der Waals surface area contributed by atoms with Crippen molar-refractivity contribution in [2.24, 2.45) is 0 Å². The third kappa shape index (κ3) is 3.90. The molecule has 0 radical (unpaired) electrons. The van der Waals surface area contributed by atoms with Gasteiger partial charge in [0, 0.05) is 18.7 Å². The Labute approximate surface area is 137 Å². The van der Waals surface area contributed by atoms with E-state index >= 15 is 0 Å². The molecule has 1 fully saturated rings. The number of aliphatic carboxylic acids is 1. The van der Waals surface area contributed by atoms with Crippen LogP contribution in [-0.2, 0) is 14.4 Å². The fourth-order valence-corrected chi connectivity index (χ4v) is 2.50. The lowest BCUT2D eigenvalue weighted by Crippen LogP contribution is -2.41. The number of hydrogen-bond donors (Lipinski definition) is 2. The Morgan fingerprint density at radius 3 is 2.64 bits per heavy atom. The van der Waals surface area contributed by atoms with Crippen molar-refractivity contribution in [2.45, 2.75) is 25.3 Å². The van der Waals surface area contributed by atoms with Gasteiger partial charge in [0.1, 0.15) is 6.04 Å². The number of anilines is 1. The third-order valence-electron chi connectivity index (χ3n) is 3.32. The van der Waals surface area contributed by atoms with E-state index in [4.69, 9.17) is 28.3 Å². The van der Waals surface area contributed by atoms with Crippen LogP contribution < -0.4 is 10.2 Å². The van der Waals surface area contributed by atoms with E-state index in [1.54, 1.807) is 18.2 Å². The second-order valence-electron chi connectivity index (χ2n) is 4.89. The zero-order valence-corrected chi connectivity index (χ0v) is 13.0. The molecule has 1 aromatic rings. The standard InChI is InChI=1S/C14H14Cl2N2O4/c15-9-2-1-8(7-10(9)16)18-6-5-11(14(18)22)17-12(19)3-4-13(20)21/h1-2,7,11H,3-6H2,(H,17,19)(H,20,21). The van der Waals surface area contributed by atoms with Crippen LogP contribution in [0.2, 0.25) is 10.0 Å². The van der Waals surface area contributed by atoms with E-state index in [0.29, 0.717) is 28.7 Å². The Morgan fingerprint density at radius 2 is 2.00 bits per heavy atom. The summed E-state index contributed by atoms with van der Waals surface area (Å²) < 4.78 is 0. The van der Waals surface area contributed by atoms with Gasteiger partial charge in [-0.2, -0.15) is 0 Å². The molecule has 2 amide bonds. The van der Waals surface area contributed by atoms with Crippen LogP contribution in [0.25, 0.3) is 0 Å². The maximum Gasteiger partial charge on any atom is 0.303 e. The smallest absolute Gasteiger partial charge is 0.303 e. The van der Waals surface area contributed by atoms with Crippen LogP contribution in [0.15, 0.2) is 18.2 Å². The molecule has 0 spiro atoms. The van der Waals surface area contributed by atoms with Gasteiger partial charge in [0.15, 0.2) is 0 Å². The van der Waals surface area contributed by atoms with E-state index in [1.165, 1.54) is 4.90 Å². The van der Waals surface area contributed by atoms with Crippen LogP contribution >= 0.6 is 23.2 Å². The largest absolute Gasteiger partial charge is 0.481 e. The lowest BCUT2D eigenvalue weighted by molar-refractivity contribution is -0.139. The summed E-state index contributed by atoms with van der Waals surface area (Å²) in [5.41, 5.74) is 0.613. The summed E-state index contributed by atoms with van der Waals surface area (Å²) in [6.07, 6.45) is 0.0486. The summed E-state index contributed by atoms with van der Waals surface area (Å²) in [7, 11) is 0. The topological polar surface area (TPSA) is 86.7 Å². The number of rotatable bonds is 5. The van der Waals surface area contributed by atoms with Crippen LogP contribution in [0.1, 0.15) is 19.3 Å². The molecule has 1 aliphatic rings. The SMILES string of the molecule is O=C(O)CCC(=O)NC1CCN(c2ccc(Cl)c(Cl)c2)C1=O. The number of amides is 2. The number of nitrogens with one attached hydrogen (secondary N) is 1. The number of carboxylic acid groups (broad SMARTS) is 1. The third-order valence-corrected chi connectivity index (χ3v) is 4.06. The van der Waals surface area contributed by atoms with Gasteiger partial charge in [-0.3, -0.25) is 14.4 Å². The Balaban J connectivity index is 1.98. The molecule has 118 valence electrons. The molecule has 2 N–H and O–H groups in total.